The molecule has 0 aromatic heterocycles. The number of benzene rings is 2. The summed E-state index contributed by atoms with van der Waals surface area (Å²) in [6.07, 6.45) is 6.12. The van der Waals surface area contributed by atoms with Crippen LogP contribution >= 0.6 is 11.9 Å². The maximum absolute atomic E-state index is 4.07. The predicted octanol–water partition coefficient (Wildman–Crippen LogP) is 7.94. The molecule has 4 rings (SSSR count). The Morgan fingerprint density at radius 3 is 2.48 bits per heavy atom. The lowest BCUT2D eigenvalue weighted by Gasteiger charge is -2.50. The van der Waals surface area contributed by atoms with Crippen molar-refractivity contribution in [1.82, 2.24) is 4.31 Å². The van der Waals surface area contributed by atoms with Crippen molar-refractivity contribution < 1.29 is 0 Å². The molecule has 2 heteroatoms. The second kappa shape index (κ2) is 8.48. The molecule has 2 aromatic carbocycles. The molecule has 1 nitrogen and oxygen atoms in total. The fraction of sp³-hybridized carbons (Fsp3) is 0.379. The van der Waals surface area contributed by atoms with Crippen LogP contribution in [-0.2, 0) is 5.75 Å². The Labute approximate surface area is 193 Å². The molecule has 0 amide bonds. The van der Waals surface area contributed by atoms with Crippen LogP contribution in [0.5, 0.6) is 0 Å². The average Bonchev–Trinajstić information content (AvgIpc) is 2.72. The van der Waals surface area contributed by atoms with Gasteiger partial charge < -0.3 is 0 Å². The highest BCUT2D eigenvalue weighted by Gasteiger charge is 2.45. The number of allylic oxidation sites excluding steroid dienone is 3. The van der Waals surface area contributed by atoms with Crippen molar-refractivity contribution in [3.63, 3.8) is 0 Å². The van der Waals surface area contributed by atoms with E-state index in [0.29, 0.717) is 0 Å². The molecule has 1 heterocycles. The summed E-state index contributed by atoms with van der Waals surface area (Å²) in [5, 5.41) is 0. The molecule has 0 N–H and O–H groups in total. The highest BCUT2D eigenvalue weighted by atomic mass is 32.2. The lowest BCUT2D eigenvalue weighted by atomic mass is 9.58. The molecule has 1 aliphatic carbocycles. The van der Waals surface area contributed by atoms with Gasteiger partial charge in [-0.25, -0.2) is 4.31 Å². The van der Waals surface area contributed by atoms with Crippen LogP contribution in [0.15, 0.2) is 72.8 Å². The van der Waals surface area contributed by atoms with Crippen LogP contribution in [0.25, 0.3) is 11.1 Å². The number of hydrogen-bond acceptors (Lipinski definition) is 2. The maximum atomic E-state index is 4.07. The van der Waals surface area contributed by atoms with E-state index in [-0.39, 0.29) is 10.8 Å². The first-order valence-corrected chi connectivity index (χ1v) is 12.2. The van der Waals surface area contributed by atoms with Crippen LogP contribution in [0.1, 0.15) is 56.4 Å². The van der Waals surface area contributed by atoms with Crippen LogP contribution in [0.4, 0.5) is 0 Å². The minimum atomic E-state index is 0.0467. The van der Waals surface area contributed by atoms with Gasteiger partial charge in [0.05, 0.1) is 0 Å². The molecule has 0 saturated carbocycles. The fourth-order valence-corrected chi connectivity index (χ4v) is 6.44. The first-order chi connectivity index (χ1) is 14.7. The highest BCUT2D eigenvalue weighted by Crippen LogP contribution is 2.55. The number of nitrogens with zero attached hydrogens (tertiary/aromatic N) is 1. The Morgan fingerprint density at radius 1 is 1.06 bits per heavy atom. The van der Waals surface area contributed by atoms with Gasteiger partial charge in [0, 0.05) is 29.7 Å². The van der Waals surface area contributed by atoms with Crippen LogP contribution in [-0.4, -0.2) is 17.4 Å². The van der Waals surface area contributed by atoms with Gasteiger partial charge in [-0.1, -0.05) is 117 Å². The first-order valence-electron chi connectivity index (χ1n) is 11.3. The van der Waals surface area contributed by atoms with Crippen LogP contribution in [0.2, 0.25) is 0 Å². The van der Waals surface area contributed by atoms with Crippen molar-refractivity contribution in [2.24, 2.45) is 10.8 Å². The minimum absolute atomic E-state index is 0.0467. The quantitative estimate of drug-likeness (QED) is 0.350. The van der Waals surface area contributed by atoms with Gasteiger partial charge in [-0.3, -0.25) is 0 Å². The van der Waals surface area contributed by atoms with Crippen LogP contribution in [0.3, 0.4) is 0 Å². The van der Waals surface area contributed by atoms with Gasteiger partial charge in [-0.2, -0.15) is 0 Å². The smallest absolute Gasteiger partial charge is 0.0332 e. The Bertz CT molecular complexity index is 1040. The molecular weight excluding hydrogens is 394 g/mol. The zero-order valence-corrected chi connectivity index (χ0v) is 20.5. The minimum Gasteiger partial charge on any atom is -0.246 e. The predicted molar refractivity (Wildman–Crippen MR) is 138 cm³/mol. The topological polar surface area (TPSA) is 3.24 Å². The average molecular weight is 430 g/mol. The standard InChI is InChI=1S/C29H35NS/c1-21(2)24-10-12-25(13-11-24)26-14-16-29(6)20-30(17-15-27(29)28(26,4)5)31-19-23-9-7-8-22(3)18-23/h7-15,18H,1,16-17,19-20H2,2-6H3. The summed E-state index contributed by atoms with van der Waals surface area (Å²) >= 11 is 1.97. The Hall–Kier alpha value is -2.03. The van der Waals surface area contributed by atoms with Gasteiger partial charge in [-0.05, 0) is 42.5 Å². The van der Waals surface area contributed by atoms with Crippen molar-refractivity contribution in [2.75, 3.05) is 13.1 Å². The van der Waals surface area contributed by atoms with Crippen molar-refractivity contribution >= 4 is 23.1 Å². The third kappa shape index (κ3) is 4.47. The molecule has 1 aliphatic heterocycles. The van der Waals surface area contributed by atoms with E-state index in [1.165, 1.54) is 27.8 Å². The molecule has 2 aliphatic rings. The first kappa shape index (κ1) is 22.2. The summed E-state index contributed by atoms with van der Waals surface area (Å²) in [5.74, 6) is 1.04. The second-order valence-electron chi connectivity index (χ2n) is 10.1. The van der Waals surface area contributed by atoms with Gasteiger partial charge in [0.15, 0.2) is 0 Å². The van der Waals surface area contributed by atoms with Gasteiger partial charge in [0.25, 0.3) is 0 Å². The van der Waals surface area contributed by atoms with Gasteiger partial charge in [0.2, 0.25) is 0 Å². The maximum Gasteiger partial charge on any atom is 0.0332 e. The number of hydrogen-bond donors (Lipinski definition) is 0. The fourth-order valence-electron chi connectivity index (χ4n) is 5.37. The van der Waals surface area contributed by atoms with Crippen molar-refractivity contribution in [2.45, 2.75) is 46.8 Å². The lowest BCUT2D eigenvalue weighted by Crippen LogP contribution is -2.44. The molecule has 0 saturated heterocycles. The SMILES string of the molecule is C=C(C)c1ccc(C2=CCC3(C)CN(SCc4cccc(C)c4)CC=C3C2(C)C)cc1. The summed E-state index contributed by atoms with van der Waals surface area (Å²) in [4.78, 5) is 0. The van der Waals surface area contributed by atoms with E-state index in [2.05, 4.69) is 106 Å². The molecule has 0 radical (unpaired) electrons. The van der Waals surface area contributed by atoms with E-state index < -0.39 is 0 Å². The molecule has 0 fully saturated rings. The third-order valence-corrected chi connectivity index (χ3v) is 8.07. The zero-order valence-electron chi connectivity index (χ0n) is 19.7. The molecule has 0 spiro atoms. The molecule has 162 valence electrons. The summed E-state index contributed by atoms with van der Waals surface area (Å²) in [7, 11) is 0. The van der Waals surface area contributed by atoms with E-state index in [1.54, 1.807) is 5.57 Å². The van der Waals surface area contributed by atoms with Crippen molar-refractivity contribution in [3.8, 4) is 0 Å². The van der Waals surface area contributed by atoms with E-state index in [1.807, 2.05) is 11.9 Å². The van der Waals surface area contributed by atoms with Crippen molar-refractivity contribution in [1.29, 1.82) is 0 Å². The highest BCUT2D eigenvalue weighted by molar-refractivity contribution is 7.96. The summed E-state index contributed by atoms with van der Waals surface area (Å²) in [6.45, 7) is 17.7. The molecule has 2 aromatic rings. The second-order valence-corrected chi connectivity index (χ2v) is 11.1. The monoisotopic (exact) mass is 429 g/mol. The van der Waals surface area contributed by atoms with E-state index >= 15 is 0 Å². The Morgan fingerprint density at radius 2 is 1.81 bits per heavy atom. The summed E-state index contributed by atoms with van der Waals surface area (Å²) in [5.41, 5.74) is 9.75. The number of rotatable bonds is 5. The normalized spacial score (nSPS) is 23.0. The molecular formula is C29H35NS. The lowest BCUT2D eigenvalue weighted by molar-refractivity contribution is 0.243. The van der Waals surface area contributed by atoms with E-state index in [9.17, 15) is 0 Å². The van der Waals surface area contributed by atoms with E-state index in [0.717, 1.165) is 30.8 Å². The van der Waals surface area contributed by atoms with Crippen molar-refractivity contribution in [3.05, 3.63) is 95.1 Å². The van der Waals surface area contributed by atoms with Gasteiger partial charge in [-0.15, -0.1) is 0 Å². The summed E-state index contributed by atoms with van der Waals surface area (Å²) < 4.78 is 2.56. The van der Waals surface area contributed by atoms with Crippen LogP contribution < -0.4 is 0 Å². The third-order valence-electron chi connectivity index (χ3n) is 6.96. The molecule has 1 unspecified atom stereocenters. The number of aryl methyl sites for hydroxylation is 1. The Kier molecular flexibility index (Phi) is 6.07. The van der Waals surface area contributed by atoms with Gasteiger partial charge >= 0.3 is 0 Å². The molecule has 1 atom stereocenters. The number of fused-ring (bicyclic) bond motifs is 1. The van der Waals surface area contributed by atoms with E-state index in [4.69, 9.17) is 0 Å². The van der Waals surface area contributed by atoms with Gasteiger partial charge in [0.1, 0.15) is 0 Å². The molecule has 0 bridgehead atoms. The summed E-state index contributed by atoms with van der Waals surface area (Å²) in [6, 6.07) is 17.8. The molecule has 31 heavy (non-hydrogen) atoms. The Balaban J connectivity index is 1.52. The van der Waals surface area contributed by atoms with Crippen LogP contribution in [0, 0.1) is 17.8 Å². The zero-order chi connectivity index (χ0) is 22.2. The largest absolute Gasteiger partial charge is 0.246 e.